The van der Waals surface area contributed by atoms with Gasteiger partial charge >= 0.3 is 6.01 Å². The summed E-state index contributed by atoms with van der Waals surface area (Å²) in [6, 6.07) is 10.7. The predicted octanol–water partition coefficient (Wildman–Crippen LogP) is 4.07. The molecule has 0 aliphatic heterocycles. The van der Waals surface area contributed by atoms with Gasteiger partial charge in [-0.05, 0) is 46.5 Å². The summed E-state index contributed by atoms with van der Waals surface area (Å²) in [6.07, 6.45) is 1.91. The van der Waals surface area contributed by atoms with Gasteiger partial charge in [-0.2, -0.15) is 0 Å². The highest BCUT2D eigenvalue weighted by molar-refractivity contribution is 9.10. The lowest BCUT2D eigenvalue weighted by Gasteiger charge is -2.05. The second-order valence-corrected chi connectivity index (χ2v) is 5.80. The van der Waals surface area contributed by atoms with Crippen LogP contribution >= 0.6 is 27.7 Å². The maximum atomic E-state index is 12.3. The summed E-state index contributed by atoms with van der Waals surface area (Å²) < 4.78 is 11.2. The van der Waals surface area contributed by atoms with Crippen molar-refractivity contribution in [1.29, 1.82) is 0 Å². The molecule has 0 radical (unpaired) electrons. The number of rotatable bonds is 4. The number of amides is 1. The monoisotopic (exact) mass is 379 g/mol. The summed E-state index contributed by atoms with van der Waals surface area (Å²) in [6.45, 7) is 0. The number of hydrogen-bond acceptors (Lipinski definition) is 6. The van der Waals surface area contributed by atoms with Crippen molar-refractivity contribution in [2.45, 2.75) is 4.90 Å². The van der Waals surface area contributed by atoms with Crippen LogP contribution < -0.4 is 5.32 Å². The van der Waals surface area contributed by atoms with Crippen LogP contribution in [0.25, 0.3) is 11.7 Å². The molecule has 112 valence electrons. The first-order valence-corrected chi connectivity index (χ1v) is 8.22. The minimum absolute atomic E-state index is 0.0171. The van der Waals surface area contributed by atoms with Crippen LogP contribution in [-0.2, 0) is 0 Å². The molecular formula is C14H10BrN3O3S. The van der Waals surface area contributed by atoms with E-state index >= 15 is 0 Å². The van der Waals surface area contributed by atoms with Gasteiger partial charge in [-0.25, -0.2) is 0 Å². The summed E-state index contributed by atoms with van der Waals surface area (Å²) in [5.74, 6) is 0.310. The number of anilines is 1. The van der Waals surface area contributed by atoms with Crippen molar-refractivity contribution >= 4 is 39.6 Å². The zero-order valence-electron chi connectivity index (χ0n) is 11.4. The molecule has 0 fully saturated rings. The molecule has 3 aromatic rings. The molecule has 0 atom stereocenters. The molecule has 0 aliphatic carbocycles. The van der Waals surface area contributed by atoms with Gasteiger partial charge in [-0.1, -0.05) is 17.2 Å². The Labute approximate surface area is 138 Å². The zero-order chi connectivity index (χ0) is 15.5. The van der Waals surface area contributed by atoms with E-state index in [2.05, 4.69) is 31.4 Å². The Bertz CT molecular complexity index is 815. The molecule has 2 heterocycles. The Morgan fingerprint density at radius 2 is 2.00 bits per heavy atom. The third-order valence-electron chi connectivity index (χ3n) is 2.78. The van der Waals surface area contributed by atoms with Crippen LogP contribution in [0.15, 0.2) is 54.8 Å². The van der Waals surface area contributed by atoms with E-state index in [0.29, 0.717) is 16.0 Å². The summed E-state index contributed by atoms with van der Waals surface area (Å²) in [7, 11) is 0. The number of furan rings is 1. The number of aromatic nitrogens is 2. The highest BCUT2D eigenvalue weighted by Gasteiger charge is 2.16. The molecular weight excluding hydrogens is 370 g/mol. The van der Waals surface area contributed by atoms with E-state index in [1.54, 1.807) is 24.3 Å². The molecule has 2 aromatic heterocycles. The van der Waals surface area contributed by atoms with E-state index < -0.39 is 0 Å². The molecule has 1 aromatic carbocycles. The Morgan fingerprint density at radius 3 is 2.73 bits per heavy atom. The lowest BCUT2D eigenvalue weighted by molar-refractivity contribution is 0.102. The third-order valence-corrected chi connectivity index (χ3v) is 4.00. The molecule has 0 saturated heterocycles. The number of carbonyl (C=O) groups is 1. The molecule has 0 aliphatic rings. The third kappa shape index (κ3) is 3.07. The van der Waals surface area contributed by atoms with Crippen LogP contribution in [0.5, 0.6) is 0 Å². The van der Waals surface area contributed by atoms with Gasteiger partial charge in [0.2, 0.25) is 0 Å². The molecule has 0 bridgehead atoms. The quantitative estimate of drug-likeness (QED) is 0.688. The summed E-state index contributed by atoms with van der Waals surface area (Å²) >= 11 is 4.69. The van der Waals surface area contributed by atoms with E-state index in [1.807, 2.05) is 18.4 Å². The molecule has 1 amide bonds. The minimum Gasteiger partial charge on any atom is -0.444 e. The van der Waals surface area contributed by atoms with Crippen molar-refractivity contribution in [2.24, 2.45) is 0 Å². The normalized spacial score (nSPS) is 10.6. The summed E-state index contributed by atoms with van der Waals surface area (Å²) in [4.78, 5) is 13.1. The maximum Gasteiger partial charge on any atom is 0.322 e. The van der Waals surface area contributed by atoms with Crippen molar-refractivity contribution in [2.75, 3.05) is 11.6 Å². The largest absolute Gasteiger partial charge is 0.444 e. The number of thioether (sulfide) groups is 1. The maximum absolute atomic E-state index is 12.3. The molecule has 6 nitrogen and oxygen atoms in total. The Hall–Kier alpha value is -2.06. The Balaban J connectivity index is 1.79. The van der Waals surface area contributed by atoms with Crippen molar-refractivity contribution in [1.82, 2.24) is 10.2 Å². The predicted molar refractivity (Wildman–Crippen MR) is 85.9 cm³/mol. The van der Waals surface area contributed by atoms with Crippen LogP contribution in [0.4, 0.5) is 6.01 Å². The highest BCUT2D eigenvalue weighted by Crippen LogP contribution is 2.25. The van der Waals surface area contributed by atoms with E-state index in [-0.39, 0.29) is 17.8 Å². The van der Waals surface area contributed by atoms with Gasteiger partial charge in [0.05, 0.1) is 5.56 Å². The number of halogens is 1. The molecule has 0 saturated carbocycles. The minimum atomic E-state index is -0.305. The van der Waals surface area contributed by atoms with Crippen molar-refractivity contribution in [3.05, 3.63) is 46.6 Å². The SMILES string of the molecule is CSc1ccccc1C(=O)Nc1nnc(-c2ccc(Br)o2)o1. The van der Waals surface area contributed by atoms with Gasteiger partial charge in [-0.15, -0.1) is 16.9 Å². The van der Waals surface area contributed by atoms with Gasteiger partial charge in [0.1, 0.15) is 0 Å². The summed E-state index contributed by atoms with van der Waals surface area (Å²) in [5, 5.41) is 10.2. The van der Waals surface area contributed by atoms with Gasteiger partial charge in [0, 0.05) is 4.90 Å². The van der Waals surface area contributed by atoms with E-state index in [1.165, 1.54) is 11.8 Å². The summed E-state index contributed by atoms with van der Waals surface area (Å²) in [5.41, 5.74) is 0.551. The molecule has 22 heavy (non-hydrogen) atoms. The first-order valence-electron chi connectivity index (χ1n) is 6.21. The standard InChI is InChI=1S/C14H10BrN3O3S/c1-22-10-5-3-2-4-8(10)12(19)16-14-18-17-13(21-14)9-6-7-11(15)20-9/h2-7H,1H3,(H,16,18,19). The fraction of sp³-hybridized carbons (Fsp3) is 0.0714. The molecule has 0 spiro atoms. The van der Waals surface area contributed by atoms with Gasteiger partial charge in [0.15, 0.2) is 10.4 Å². The number of nitrogens with one attached hydrogen (secondary N) is 1. The first kappa shape index (κ1) is 14.9. The highest BCUT2D eigenvalue weighted by atomic mass is 79.9. The molecule has 0 unspecified atom stereocenters. The van der Waals surface area contributed by atoms with Crippen LogP contribution in [0.3, 0.4) is 0 Å². The molecule has 3 rings (SSSR count). The van der Waals surface area contributed by atoms with E-state index in [0.717, 1.165) is 4.90 Å². The molecule has 8 heteroatoms. The lowest BCUT2D eigenvalue weighted by atomic mass is 10.2. The fourth-order valence-corrected chi connectivity index (χ4v) is 2.70. The second-order valence-electron chi connectivity index (χ2n) is 4.17. The Morgan fingerprint density at radius 1 is 1.18 bits per heavy atom. The van der Waals surface area contributed by atoms with Gasteiger partial charge in [0.25, 0.3) is 11.8 Å². The van der Waals surface area contributed by atoms with Crippen LogP contribution in [-0.4, -0.2) is 22.4 Å². The number of benzene rings is 1. The molecule has 1 N–H and O–H groups in total. The smallest absolute Gasteiger partial charge is 0.322 e. The van der Waals surface area contributed by atoms with E-state index in [9.17, 15) is 4.79 Å². The van der Waals surface area contributed by atoms with E-state index in [4.69, 9.17) is 8.83 Å². The van der Waals surface area contributed by atoms with Crippen LogP contribution in [0.2, 0.25) is 0 Å². The number of hydrogen-bond donors (Lipinski definition) is 1. The average Bonchev–Trinajstić information content (AvgIpc) is 3.16. The first-order chi connectivity index (χ1) is 10.7. The van der Waals surface area contributed by atoms with Gasteiger partial charge < -0.3 is 8.83 Å². The van der Waals surface area contributed by atoms with Crippen molar-refractivity contribution in [3.63, 3.8) is 0 Å². The second kappa shape index (κ2) is 6.37. The average molecular weight is 380 g/mol. The number of carbonyl (C=O) groups excluding carboxylic acids is 1. The fourth-order valence-electron chi connectivity index (χ4n) is 1.80. The lowest BCUT2D eigenvalue weighted by Crippen LogP contribution is -2.13. The zero-order valence-corrected chi connectivity index (χ0v) is 13.8. The van der Waals surface area contributed by atoms with Crippen molar-refractivity contribution < 1.29 is 13.6 Å². The topological polar surface area (TPSA) is 81.2 Å². The van der Waals surface area contributed by atoms with Gasteiger partial charge in [-0.3, -0.25) is 10.1 Å². The Kier molecular flexibility index (Phi) is 4.30. The van der Waals surface area contributed by atoms with Crippen molar-refractivity contribution in [3.8, 4) is 11.7 Å². The number of nitrogens with zero attached hydrogens (tertiary/aromatic N) is 2. The van der Waals surface area contributed by atoms with Crippen LogP contribution in [0.1, 0.15) is 10.4 Å². The van der Waals surface area contributed by atoms with Crippen LogP contribution in [0, 0.1) is 0 Å².